The molecule has 1 N–H and O–H groups in total. The van der Waals surface area contributed by atoms with Gasteiger partial charge in [-0.25, -0.2) is 9.18 Å². The van der Waals surface area contributed by atoms with Gasteiger partial charge >= 0.3 is 5.97 Å². The van der Waals surface area contributed by atoms with Gasteiger partial charge < -0.3 is 14.7 Å². The number of aliphatic carboxylic acids is 1. The molecule has 22 heavy (non-hydrogen) atoms. The van der Waals surface area contributed by atoms with E-state index in [1.165, 1.54) is 17.0 Å². The maximum Gasteiger partial charge on any atom is 0.328 e. The van der Waals surface area contributed by atoms with E-state index in [2.05, 4.69) is 0 Å². The molecule has 1 aromatic carbocycles. The lowest BCUT2D eigenvalue weighted by atomic mass is 9.99. The van der Waals surface area contributed by atoms with Crippen molar-refractivity contribution in [2.75, 3.05) is 19.8 Å². The highest BCUT2D eigenvalue weighted by atomic mass is 19.1. The molecule has 1 aliphatic rings. The van der Waals surface area contributed by atoms with Crippen LogP contribution < -0.4 is 0 Å². The van der Waals surface area contributed by atoms with Gasteiger partial charge in [0.05, 0.1) is 13.2 Å². The summed E-state index contributed by atoms with van der Waals surface area (Å²) in [6.45, 7) is 2.44. The second-order valence-corrected chi connectivity index (χ2v) is 5.53. The van der Waals surface area contributed by atoms with Crippen LogP contribution in [0.25, 0.3) is 0 Å². The molecule has 0 spiro atoms. The van der Waals surface area contributed by atoms with Crippen LogP contribution in [0, 0.1) is 11.7 Å². The molecule has 0 bridgehead atoms. The smallest absolute Gasteiger partial charge is 0.328 e. The predicted molar refractivity (Wildman–Crippen MR) is 77.8 cm³/mol. The van der Waals surface area contributed by atoms with Gasteiger partial charge in [0.25, 0.3) is 0 Å². The molecular weight excluding hydrogens is 289 g/mol. The zero-order valence-corrected chi connectivity index (χ0v) is 12.5. The summed E-state index contributed by atoms with van der Waals surface area (Å²) < 4.78 is 18.3. The highest BCUT2D eigenvalue weighted by Gasteiger charge is 2.34. The van der Waals surface area contributed by atoms with Crippen LogP contribution in [0.3, 0.4) is 0 Å². The van der Waals surface area contributed by atoms with Gasteiger partial charge in [0.1, 0.15) is 5.82 Å². The average molecular weight is 309 g/mol. The number of benzene rings is 1. The van der Waals surface area contributed by atoms with E-state index in [-0.39, 0.29) is 24.2 Å². The van der Waals surface area contributed by atoms with Crippen molar-refractivity contribution in [1.29, 1.82) is 0 Å². The van der Waals surface area contributed by atoms with E-state index in [1.807, 2.05) is 6.07 Å². The van der Waals surface area contributed by atoms with Crippen molar-refractivity contribution in [2.24, 2.45) is 5.92 Å². The van der Waals surface area contributed by atoms with Crippen molar-refractivity contribution in [3.05, 3.63) is 35.6 Å². The molecule has 1 saturated heterocycles. The molecule has 0 unspecified atom stereocenters. The van der Waals surface area contributed by atoms with E-state index in [0.717, 1.165) is 5.56 Å². The first-order valence-corrected chi connectivity index (χ1v) is 7.34. The fourth-order valence-corrected chi connectivity index (χ4v) is 2.55. The molecule has 1 amide bonds. The molecule has 1 aromatic rings. The topological polar surface area (TPSA) is 66.8 Å². The van der Waals surface area contributed by atoms with Crippen molar-refractivity contribution in [2.45, 2.75) is 25.8 Å². The van der Waals surface area contributed by atoms with Gasteiger partial charge in [0, 0.05) is 12.5 Å². The summed E-state index contributed by atoms with van der Waals surface area (Å²) in [5, 5.41) is 9.16. The third-order valence-electron chi connectivity index (χ3n) is 3.87. The van der Waals surface area contributed by atoms with Crippen LogP contribution in [0.1, 0.15) is 18.9 Å². The summed E-state index contributed by atoms with van der Waals surface area (Å²) in [6, 6.07) is 5.36. The van der Waals surface area contributed by atoms with Crippen LogP contribution in [-0.4, -0.2) is 47.7 Å². The number of hydrogen-bond donors (Lipinski definition) is 1. The van der Waals surface area contributed by atoms with Gasteiger partial charge in [-0.1, -0.05) is 19.1 Å². The van der Waals surface area contributed by atoms with Crippen LogP contribution in [0.15, 0.2) is 24.3 Å². The van der Waals surface area contributed by atoms with E-state index in [9.17, 15) is 14.0 Å². The van der Waals surface area contributed by atoms with Gasteiger partial charge in [-0.05, 0) is 30.5 Å². The van der Waals surface area contributed by atoms with E-state index >= 15 is 0 Å². The molecule has 0 saturated carbocycles. The molecule has 2 rings (SSSR count). The van der Waals surface area contributed by atoms with Gasteiger partial charge in [-0.15, -0.1) is 0 Å². The highest BCUT2D eigenvalue weighted by Crippen LogP contribution is 2.17. The number of carboxylic acids is 1. The maximum atomic E-state index is 13.1. The number of morpholine rings is 1. The summed E-state index contributed by atoms with van der Waals surface area (Å²) in [6.07, 6.45) is 1.12. The largest absolute Gasteiger partial charge is 0.480 e. The Kier molecular flexibility index (Phi) is 5.49. The fourth-order valence-electron chi connectivity index (χ4n) is 2.55. The molecule has 2 atom stereocenters. The SMILES string of the molecule is C[C@@H](CCc1cccc(F)c1)C(=O)N1CCOC[C@H]1C(=O)O. The Balaban J connectivity index is 1.94. The number of carboxylic acid groups (broad SMARTS) is 1. The van der Waals surface area contributed by atoms with Crippen molar-refractivity contribution in [3.63, 3.8) is 0 Å². The minimum absolute atomic E-state index is 0.0255. The fraction of sp³-hybridized carbons (Fsp3) is 0.500. The van der Waals surface area contributed by atoms with Gasteiger partial charge in [0.2, 0.25) is 5.91 Å². The number of ether oxygens (including phenoxy) is 1. The molecule has 1 fully saturated rings. The Labute approximate surface area is 128 Å². The molecule has 1 aliphatic heterocycles. The molecule has 0 aliphatic carbocycles. The number of hydrogen-bond acceptors (Lipinski definition) is 3. The molecule has 1 heterocycles. The lowest BCUT2D eigenvalue weighted by Gasteiger charge is -2.34. The Bertz CT molecular complexity index is 549. The first kappa shape index (κ1) is 16.4. The van der Waals surface area contributed by atoms with Crippen LogP contribution in [-0.2, 0) is 20.7 Å². The summed E-state index contributed by atoms with van der Waals surface area (Å²) in [7, 11) is 0. The lowest BCUT2D eigenvalue weighted by Crippen LogP contribution is -2.54. The minimum Gasteiger partial charge on any atom is -0.480 e. The molecule has 120 valence electrons. The third-order valence-corrected chi connectivity index (χ3v) is 3.87. The lowest BCUT2D eigenvalue weighted by molar-refractivity contribution is -0.160. The first-order valence-electron chi connectivity index (χ1n) is 7.34. The summed E-state index contributed by atoms with van der Waals surface area (Å²) in [4.78, 5) is 25.0. The zero-order valence-electron chi connectivity index (χ0n) is 12.5. The number of aryl methyl sites for hydroxylation is 1. The molecule has 0 aromatic heterocycles. The maximum absolute atomic E-state index is 13.1. The van der Waals surface area contributed by atoms with Crippen molar-refractivity contribution >= 4 is 11.9 Å². The molecule has 5 nitrogen and oxygen atoms in total. The average Bonchev–Trinajstić information content (AvgIpc) is 2.52. The Hall–Kier alpha value is -1.95. The van der Waals surface area contributed by atoms with Crippen LogP contribution in [0.5, 0.6) is 0 Å². The minimum atomic E-state index is -1.05. The van der Waals surface area contributed by atoms with Crippen LogP contribution >= 0.6 is 0 Å². The third kappa shape index (κ3) is 4.04. The standard InChI is InChI=1S/C16H20FNO4/c1-11(5-6-12-3-2-4-13(17)9-12)15(19)18-7-8-22-10-14(18)16(20)21/h2-4,9,11,14H,5-8,10H2,1H3,(H,20,21)/t11-,14-/m0/s1. The Morgan fingerprint density at radius 1 is 1.50 bits per heavy atom. The normalized spacial score (nSPS) is 19.7. The number of carbonyl (C=O) groups is 2. The van der Waals surface area contributed by atoms with E-state index in [0.29, 0.717) is 26.0 Å². The first-order chi connectivity index (χ1) is 10.5. The number of rotatable bonds is 5. The molecule has 0 radical (unpaired) electrons. The number of halogens is 1. The molecular formula is C16H20FNO4. The second kappa shape index (κ2) is 7.35. The monoisotopic (exact) mass is 309 g/mol. The second-order valence-electron chi connectivity index (χ2n) is 5.53. The van der Waals surface area contributed by atoms with Gasteiger partial charge in [-0.2, -0.15) is 0 Å². The van der Waals surface area contributed by atoms with Gasteiger partial charge in [-0.3, -0.25) is 4.79 Å². The van der Waals surface area contributed by atoms with Crippen LogP contribution in [0.4, 0.5) is 4.39 Å². The summed E-state index contributed by atoms with van der Waals surface area (Å²) >= 11 is 0. The predicted octanol–water partition coefficient (Wildman–Crippen LogP) is 1.71. The van der Waals surface area contributed by atoms with Crippen molar-refractivity contribution in [1.82, 2.24) is 4.90 Å². The zero-order chi connectivity index (χ0) is 16.1. The molecule has 6 heteroatoms. The van der Waals surface area contributed by atoms with E-state index < -0.39 is 12.0 Å². The summed E-state index contributed by atoms with van der Waals surface area (Å²) in [5.74, 6) is -1.85. The van der Waals surface area contributed by atoms with E-state index in [4.69, 9.17) is 9.84 Å². The summed E-state index contributed by atoms with van der Waals surface area (Å²) in [5.41, 5.74) is 0.830. The van der Waals surface area contributed by atoms with Crippen molar-refractivity contribution in [3.8, 4) is 0 Å². The number of amides is 1. The highest BCUT2D eigenvalue weighted by molar-refractivity contribution is 5.85. The Morgan fingerprint density at radius 2 is 2.27 bits per heavy atom. The Morgan fingerprint density at radius 3 is 2.95 bits per heavy atom. The van der Waals surface area contributed by atoms with Gasteiger partial charge in [0.15, 0.2) is 6.04 Å². The quantitative estimate of drug-likeness (QED) is 0.899. The van der Waals surface area contributed by atoms with E-state index in [1.54, 1.807) is 13.0 Å². The number of nitrogens with zero attached hydrogens (tertiary/aromatic N) is 1. The number of carbonyl (C=O) groups excluding carboxylic acids is 1. The van der Waals surface area contributed by atoms with Crippen molar-refractivity contribution < 1.29 is 23.8 Å². The van der Waals surface area contributed by atoms with Crippen LogP contribution in [0.2, 0.25) is 0 Å².